The van der Waals surface area contributed by atoms with E-state index in [1.807, 2.05) is 17.0 Å². The van der Waals surface area contributed by atoms with E-state index in [1.54, 1.807) is 30.5 Å². The van der Waals surface area contributed by atoms with Crippen molar-refractivity contribution in [1.29, 1.82) is 0 Å². The van der Waals surface area contributed by atoms with Gasteiger partial charge in [-0.15, -0.1) is 0 Å². The van der Waals surface area contributed by atoms with Gasteiger partial charge in [-0.2, -0.15) is 0 Å². The molecule has 0 aliphatic carbocycles. The first-order valence-electron chi connectivity index (χ1n) is 13.3. The van der Waals surface area contributed by atoms with Crippen LogP contribution in [-0.4, -0.2) is 80.9 Å². The minimum atomic E-state index is -2.93. The fourth-order valence-electron chi connectivity index (χ4n) is 5.74. The summed E-state index contributed by atoms with van der Waals surface area (Å²) in [5.41, 5.74) is 0.748. The Morgan fingerprint density at radius 2 is 1.87 bits per heavy atom. The van der Waals surface area contributed by atoms with Crippen LogP contribution in [0.4, 0.5) is 10.1 Å². The smallest absolute Gasteiger partial charge is 0.262 e. The van der Waals surface area contributed by atoms with Gasteiger partial charge in [0, 0.05) is 56.5 Å². The molecule has 0 radical (unpaired) electrons. The predicted molar refractivity (Wildman–Crippen MR) is 145 cm³/mol. The maximum atomic E-state index is 15.3. The summed E-state index contributed by atoms with van der Waals surface area (Å²) in [4.78, 5) is 17.5. The fraction of sp³-hybridized carbons (Fsp3) is 0.464. The van der Waals surface area contributed by atoms with Crippen LogP contribution in [0.2, 0.25) is 0 Å². The quantitative estimate of drug-likeness (QED) is 0.475. The van der Waals surface area contributed by atoms with Gasteiger partial charge in [0.25, 0.3) is 5.56 Å². The molecule has 10 heteroatoms. The Labute approximate surface area is 221 Å². The van der Waals surface area contributed by atoms with Gasteiger partial charge in [0.05, 0.1) is 29.0 Å². The number of sulfone groups is 1. The Balaban J connectivity index is 1.16. The fourth-order valence-corrected chi connectivity index (χ4v) is 6.97. The number of benzene rings is 2. The van der Waals surface area contributed by atoms with Gasteiger partial charge in [0.1, 0.15) is 18.2 Å². The summed E-state index contributed by atoms with van der Waals surface area (Å²) in [5, 5.41) is 1.30. The minimum absolute atomic E-state index is 0.117. The first kappa shape index (κ1) is 25.3. The summed E-state index contributed by atoms with van der Waals surface area (Å²) in [6.45, 7) is 3.70. The van der Waals surface area contributed by atoms with Gasteiger partial charge in [-0.25, -0.2) is 12.8 Å². The number of hydrogen-bond acceptors (Lipinski definition) is 7. The van der Waals surface area contributed by atoms with Crippen LogP contribution >= 0.6 is 0 Å². The zero-order valence-corrected chi connectivity index (χ0v) is 22.0. The van der Waals surface area contributed by atoms with Crippen LogP contribution in [-0.2, 0) is 14.6 Å². The lowest BCUT2D eigenvalue weighted by Crippen LogP contribution is -2.47. The monoisotopic (exact) mass is 541 g/mol. The lowest BCUT2D eigenvalue weighted by atomic mass is 10.1. The highest BCUT2D eigenvalue weighted by Crippen LogP contribution is 2.28. The summed E-state index contributed by atoms with van der Waals surface area (Å²) in [7, 11) is -2.93. The number of pyridine rings is 1. The standard InChI is InChI=1S/C28H32FN3O5S/c29-26-17-21(3-6-27(26)31-9-8-22(18-31)30-11-14-38(34,35)15-12-30)32-10-7-20-16-23(4-5-25(20)28(32)33)37-19-24-2-1-13-36-24/h3-7,10,16-17,22,24H,1-2,8-9,11-15,18-19H2. The summed E-state index contributed by atoms with van der Waals surface area (Å²) in [6.07, 6.45) is 4.70. The van der Waals surface area contributed by atoms with E-state index in [-0.39, 0.29) is 35.0 Å². The molecule has 3 aliphatic rings. The van der Waals surface area contributed by atoms with Gasteiger partial charge >= 0.3 is 0 Å². The summed E-state index contributed by atoms with van der Waals surface area (Å²) >= 11 is 0. The van der Waals surface area contributed by atoms with E-state index in [4.69, 9.17) is 9.47 Å². The van der Waals surface area contributed by atoms with Gasteiger partial charge in [0.15, 0.2) is 9.84 Å². The molecule has 0 saturated carbocycles. The van der Waals surface area contributed by atoms with E-state index in [0.29, 0.717) is 55.3 Å². The van der Waals surface area contributed by atoms with E-state index < -0.39 is 9.84 Å². The number of nitrogens with zero attached hydrogens (tertiary/aromatic N) is 3. The number of anilines is 1. The Morgan fingerprint density at radius 1 is 1.03 bits per heavy atom. The molecule has 3 saturated heterocycles. The van der Waals surface area contributed by atoms with E-state index in [9.17, 15) is 13.2 Å². The van der Waals surface area contributed by atoms with E-state index in [0.717, 1.165) is 31.3 Å². The molecular formula is C28H32FN3O5S. The lowest BCUT2D eigenvalue weighted by Gasteiger charge is -2.32. The maximum absolute atomic E-state index is 15.3. The predicted octanol–water partition coefficient (Wildman–Crippen LogP) is 3.00. The highest BCUT2D eigenvalue weighted by molar-refractivity contribution is 7.91. The number of rotatable bonds is 6. The SMILES string of the molecule is O=c1c2ccc(OCC3CCCO3)cc2ccn1-c1ccc(N2CCC(N3CCS(=O)(=O)CC3)C2)c(F)c1. The normalized spacial score (nSPS) is 23.8. The van der Waals surface area contributed by atoms with Gasteiger partial charge < -0.3 is 14.4 Å². The van der Waals surface area contributed by atoms with Crippen molar-refractivity contribution in [2.45, 2.75) is 31.4 Å². The third kappa shape index (κ3) is 5.17. The first-order valence-corrected chi connectivity index (χ1v) is 15.1. The van der Waals surface area contributed by atoms with Crippen molar-refractivity contribution in [2.24, 2.45) is 0 Å². The van der Waals surface area contributed by atoms with Crippen LogP contribution in [0.1, 0.15) is 19.3 Å². The summed E-state index contributed by atoms with van der Waals surface area (Å²) < 4.78 is 51.7. The average molecular weight is 542 g/mol. The van der Waals surface area contributed by atoms with Gasteiger partial charge in [0.2, 0.25) is 0 Å². The van der Waals surface area contributed by atoms with Crippen molar-refractivity contribution < 1.29 is 22.3 Å². The highest BCUT2D eigenvalue weighted by Gasteiger charge is 2.32. The molecule has 4 heterocycles. The molecule has 202 valence electrons. The molecule has 1 aromatic heterocycles. The van der Waals surface area contributed by atoms with Crippen molar-refractivity contribution >= 4 is 26.3 Å². The Bertz CT molecular complexity index is 1490. The number of halogens is 1. The number of aromatic nitrogens is 1. The van der Waals surface area contributed by atoms with Crippen molar-refractivity contribution in [3.8, 4) is 11.4 Å². The summed E-state index contributed by atoms with van der Waals surface area (Å²) in [5.74, 6) is 0.693. The molecule has 0 N–H and O–H groups in total. The van der Waals surface area contributed by atoms with Crippen LogP contribution in [0, 0.1) is 5.82 Å². The van der Waals surface area contributed by atoms with Crippen LogP contribution in [0.3, 0.4) is 0 Å². The van der Waals surface area contributed by atoms with Gasteiger partial charge in [-0.1, -0.05) is 0 Å². The number of fused-ring (bicyclic) bond motifs is 1. The molecule has 3 fully saturated rings. The van der Waals surface area contributed by atoms with Crippen LogP contribution in [0.25, 0.3) is 16.5 Å². The summed E-state index contributed by atoms with van der Waals surface area (Å²) in [6, 6.07) is 12.3. The van der Waals surface area contributed by atoms with Gasteiger partial charge in [-0.3, -0.25) is 14.3 Å². The molecule has 0 bridgehead atoms. The highest BCUT2D eigenvalue weighted by atomic mass is 32.2. The van der Waals surface area contributed by atoms with E-state index in [1.165, 1.54) is 10.6 Å². The van der Waals surface area contributed by atoms with E-state index >= 15 is 4.39 Å². The molecule has 0 spiro atoms. The Hall–Kier alpha value is -2.95. The average Bonchev–Trinajstić information content (AvgIpc) is 3.60. The Kier molecular flexibility index (Phi) is 6.88. The third-order valence-corrected chi connectivity index (χ3v) is 9.55. The number of ether oxygens (including phenoxy) is 2. The zero-order valence-electron chi connectivity index (χ0n) is 21.2. The minimum Gasteiger partial charge on any atom is -0.491 e. The number of hydrogen-bond donors (Lipinski definition) is 0. The molecule has 8 nitrogen and oxygen atoms in total. The molecule has 3 aliphatic heterocycles. The molecule has 0 amide bonds. The molecule has 3 aromatic rings. The topological polar surface area (TPSA) is 81.1 Å². The molecule has 38 heavy (non-hydrogen) atoms. The van der Waals surface area contributed by atoms with Gasteiger partial charge in [-0.05, 0) is 61.0 Å². The molecule has 2 aromatic carbocycles. The lowest BCUT2D eigenvalue weighted by molar-refractivity contribution is 0.0680. The van der Waals surface area contributed by atoms with Crippen molar-refractivity contribution in [1.82, 2.24) is 9.47 Å². The molecular weight excluding hydrogens is 509 g/mol. The second kappa shape index (κ2) is 10.3. The maximum Gasteiger partial charge on any atom is 0.262 e. The van der Waals surface area contributed by atoms with Crippen molar-refractivity contribution in [3.05, 3.63) is 64.8 Å². The van der Waals surface area contributed by atoms with Crippen LogP contribution < -0.4 is 15.2 Å². The second-order valence-corrected chi connectivity index (χ2v) is 12.7. The molecule has 2 unspecified atom stereocenters. The zero-order chi connectivity index (χ0) is 26.3. The molecule has 6 rings (SSSR count). The largest absolute Gasteiger partial charge is 0.491 e. The third-order valence-electron chi connectivity index (χ3n) is 7.94. The van der Waals surface area contributed by atoms with E-state index in [2.05, 4.69) is 4.90 Å². The Morgan fingerprint density at radius 3 is 2.63 bits per heavy atom. The van der Waals surface area contributed by atoms with Crippen LogP contribution in [0.15, 0.2) is 53.5 Å². The van der Waals surface area contributed by atoms with Crippen molar-refractivity contribution in [3.63, 3.8) is 0 Å². The van der Waals surface area contributed by atoms with Crippen molar-refractivity contribution in [2.75, 3.05) is 55.8 Å². The first-order chi connectivity index (χ1) is 18.4. The second-order valence-electron chi connectivity index (χ2n) is 10.4. The molecule has 2 atom stereocenters. The van der Waals surface area contributed by atoms with Crippen LogP contribution in [0.5, 0.6) is 5.75 Å².